The van der Waals surface area contributed by atoms with Gasteiger partial charge in [0.25, 0.3) is 0 Å². The highest BCUT2D eigenvalue weighted by atomic mass is 35.5. The number of benzene rings is 2. The van der Waals surface area contributed by atoms with Gasteiger partial charge in [-0.1, -0.05) is 17.7 Å². The van der Waals surface area contributed by atoms with E-state index < -0.39 is 0 Å². The van der Waals surface area contributed by atoms with Gasteiger partial charge in [-0.15, -0.1) is 0 Å². The van der Waals surface area contributed by atoms with Crippen molar-refractivity contribution in [1.82, 2.24) is 0 Å². The summed E-state index contributed by atoms with van der Waals surface area (Å²) in [6.45, 7) is 1.94. The third-order valence-electron chi connectivity index (χ3n) is 2.69. The summed E-state index contributed by atoms with van der Waals surface area (Å²) < 4.78 is 26.6. The van der Waals surface area contributed by atoms with Gasteiger partial charge in [0.1, 0.15) is 11.6 Å². The van der Waals surface area contributed by atoms with Crippen LogP contribution in [0.2, 0.25) is 5.02 Å². The predicted octanol–water partition coefficient (Wildman–Crippen LogP) is 4.54. The molecule has 0 saturated carbocycles. The molecule has 0 aromatic heterocycles. The molecule has 0 spiro atoms. The topological polar surface area (TPSA) is 12.0 Å². The van der Waals surface area contributed by atoms with Gasteiger partial charge in [-0.25, -0.2) is 8.78 Å². The van der Waals surface area contributed by atoms with E-state index in [1.807, 2.05) is 0 Å². The lowest BCUT2D eigenvalue weighted by atomic mass is 10.2. The molecule has 0 saturated heterocycles. The minimum atomic E-state index is -0.353. The van der Waals surface area contributed by atoms with Crippen molar-refractivity contribution in [2.75, 3.05) is 5.32 Å². The first-order chi connectivity index (χ1) is 8.58. The molecule has 0 aliphatic heterocycles. The number of aryl methyl sites for hydroxylation is 1. The Bertz CT molecular complexity index is 549. The van der Waals surface area contributed by atoms with Crippen LogP contribution in [-0.2, 0) is 6.54 Å². The van der Waals surface area contributed by atoms with Crippen LogP contribution in [0, 0.1) is 18.6 Å². The van der Waals surface area contributed by atoms with Crippen molar-refractivity contribution in [3.63, 3.8) is 0 Å². The zero-order valence-corrected chi connectivity index (χ0v) is 10.6. The van der Waals surface area contributed by atoms with E-state index in [1.165, 1.54) is 12.1 Å². The summed E-state index contributed by atoms with van der Waals surface area (Å²) in [4.78, 5) is 0. The second kappa shape index (κ2) is 5.36. The maximum Gasteiger partial charge on any atom is 0.129 e. The zero-order valence-electron chi connectivity index (χ0n) is 9.81. The maximum absolute atomic E-state index is 13.5. The Morgan fingerprint density at radius 1 is 1.11 bits per heavy atom. The van der Waals surface area contributed by atoms with Crippen LogP contribution < -0.4 is 5.32 Å². The summed E-state index contributed by atoms with van der Waals surface area (Å²) in [6.07, 6.45) is 0. The standard InChI is InChI=1S/C14H12ClF2N/c1-9-7-10(5-6-13(9)16)18-8-11-12(15)3-2-4-14(11)17/h2-7,18H,8H2,1H3. The molecule has 18 heavy (non-hydrogen) atoms. The molecule has 0 amide bonds. The molecule has 1 nitrogen and oxygen atoms in total. The largest absolute Gasteiger partial charge is 0.381 e. The van der Waals surface area contributed by atoms with Gasteiger partial charge < -0.3 is 5.32 Å². The molecule has 0 aliphatic carbocycles. The summed E-state index contributed by atoms with van der Waals surface area (Å²) in [5.74, 6) is -0.613. The number of hydrogen-bond donors (Lipinski definition) is 1. The van der Waals surface area contributed by atoms with E-state index in [-0.39, 0.29) is 18.2 Å². The quantitative estimate of drug-likeness (QED) is 0.861. The number of nitrogens with one attached hydrogen (secondary N) is 1. The molecular formula is C14H12ClF2N. The molecule has 2 aromatic rings. The van der Waals surface area contributed by atoms with Crippen LogP contribution in [0.5, 0.6) is 0 Å². The van der Waals surface area contributed by atoms with E-state index in [4.69, 9.17) is 11.6 Å². The number of rotatable bonds is 3. The predicted molar refractivity (Wildman–Crippen MR) is 69.9 cm³/mol. The molecule has 0 unspecified atom stereocenters. The van der Waals surface area contributed by atoms with E-state index in [0.717, 1.165) is 5.69 Å². The van der Waals surface area contributed by atoms with Crippen LogP contribution in [0.4, 0.5) is 14.5 Å². The van der Waals surface area contributed by atoms with Gasteiger partial charge in [0, 0.05) is 22.8 Å². The SMILES string of the molecule is Cc1cc(NCc2c(F)cccc2Cl)ccc1F. The number of halogens is 3. The van der Waals surface area contributed by atoms with E-state index >= 15 is 0 Å². The van der Waals surface area contributed by atoms with Crippen molar-refractivity contribution >= 4 is 17.3 Å². The molecule has 0 bridgehead atoms. The van der Waals surface area contributed by atoms with Crippen molar-refractivity contribution in [3.8, 4) is 0 Å². The second-order valence-electron chi connectivity index (χ2n) is 4.02. The van der Waals surface area contributed by atoms with E-state index in [1.54, 1.807) is 31.2 Å². The Balaban J connectivity index is 2.14. The van der Waals surface area contributed by atoms with Crippen LogP contribution in [0.3, 0.4) is 0 Å². The van der Waals surface area contributed by atoms with Crippen molar-refractivity contribution < 1.29 is 8.78 Å². The molecular weight excluding hydrogens is 256 g/mol. The monoisotopic (exact) mass is 267 g/mol. The molecule has 2 aromatic carbocycles. The van der Waals surface area contributed by atoms with E-state index in [0.29, 0.717) is 16.1 Å². The van der Waals surface area contributed by atoms with E-state index in [9.17, 15) is 8.78 Å². The Kier molecular flexibility index (Phi) is 3.82. The lowest BCUT2D eigenvalue weighted by Crippen LogP contribution is -2.03. The molecule has 4 heteroatoms. The van der Waals surface area contributed by atoms with Gasteiger partial charge >= 0.3 is 0 Å². The normalized spacial score (nSPS) is 10.4. The lowest BCUT2D eigenvalue weighted by Gasteiger charge is -2.10. The number of anilines is 1. The van der Waals surface area contributed by atoms with Gasteiger partial charge in [0.05, 0.1) is 0 Å². The average Bonchev–Trinajstić information content (AvgIpc) is 2.33. The Hall–Kier alpha value is -1.61. The zero-order chi connectivity index (χ0) is 13.1. The summed E-state index contributed by atoms with van der Waals surface area (Å²) in [5, 5.41) is 3.40. The minimum absolute atomic E-state index is 0.260. The summed E-state index contributed by atoms with van der Waals surface area (Å²) >= 11 is 5.91. The summed E-state index contributed by atoms with van der Waals surface area (Å²) in [7, 11) is 0. The summed E-state index contributed by atoms with van der Waals surface area (Å²) in [5.41, 5.74) is 1.67. The fraction of sp³-hybridized carbons (Fsp3) is 0.143. The summed E-state index contributed by atoms with van der Waals surface area (Å²) in [6, 6.07) is 9.21. The van der Waals surface area contributed by atoms with Gasteiger partial charge in [-0.3, -0.25) is 0 Å². The minimum Gasteiger partial charge on any atom is -0.381 e. The second-order valence-corrected chi connectivity index (χ2v) is 4.42. The first-order valence-corrected chi connectivity index (χ1v) is 5.88. The van der Waals surface area contributed by atoms with E-state index in [2.05, 4.69) is 5.32 Å². The van der Waals surface area contributed by atoms with Crippen LogP contribution in [0.25, 0.3) is 0 Å². The molecule has 0 atom stereocenters. The highest BCUT2D eigenvalue weighted by Gasteiger charge is 2.06. The Morgan fingerprint density at radius 2 is 1.89 bits per heavy atom. The smallest absolute Gasteiger partial charge is 0.129 e. The molecule has 0 radical (unpaired) electrons. The number of hydrogen-bond acceptors (Lipinski definition) is 1. The Labute approximate surface area is 109 Å². The van der Waals surface area contributed by atoms with Gasteiger partial charge in [-0.05, 0) is 42.8 Å². The van der Waals surface area contributed by atoms with Gasteiger partial charge in [-0.2, -0.15) is 0 Å². The Morgan fingerprint density at radius 3 is 2.56 bits per heavy atom. The van der Waals surface area contributed by atoms with Crippen LogP contribution >= 0.6 is 11.6 Å². The molecule has 0 heterocycles. The van der Waals surface area contributed by atoms with Gasteiger partial charge in [0.2, 0.25) is 0 Å². The molecule has 94 valence electrons. The highest BCUT2D eigenvalue weighted by Crippen LogP contribution is 2.21. The fourth-order valence-electron chi connectivity index (χ4n) is 1.65. The highest BCUT2D eigenvalue weighted by molar-refractivity contribution is 6.31. The maximum atomic E-state index is 13.5. The van der Waals surface area contributed by atoms with Crippen molar-refractivity contribution in [2.24, 2.45) is 0 Å². The van der Waals surface area contributed by atoms with Crippen LogP contribution in [0.1, 0.15) is 11.1 Å². The third kappa shape index (κ3) is 2.79. The fourth-order valence-corrected chi connectivity index (χ4v) is 1.88. The average molecular weight is 268 g/mol. The first kappa shape index (κ1) is 12.8. The first-order valence-electron chi connectivity index (χ1n) is 5.51. The van der Waals surface area contributed by atoms with Crippen LogP contribution in [-0.4, -0.2) is 0 Å². The van der Waals surface area contributed by atoms with Crippen molar-refractivity contribution in [2.45, 2.75) is 13.5 Å². The third-order valence-corrected chi connectivity index (χ3v) is 3.04. The molecule has 2 rings (SSSR count). The molecule has 1 N–H and O–H groups in total. The van der Waals surface area contributed by atoms with Crippen molar-refractivity contribution in [3.05, 3.63) is 64.2 Å². The van der Waals surface area contributed by atoms with Gasteiger partial charge in [0.15, 0.2) is 0 Å². The molecule has 0 aliphatic rings. The lowest BCUT2D eigenvalue weighted by molar-refractivity contribution is 0.612. The van der Waals surface area contributed by atoms with Crippen LogP contribution in [0.15, 0.2) is 36.4 Å². The van der Waals surface area contributed by atoms with Crippen molar-refractivity contribution in [1.29, 1.82) is 0 Å². The molecule has 0 fully saturated rings.